The van der Waals surface area contributed by atoms with Crippen LogP contribution in [-0.2, 0) is 4.79 Å². The topological polar surface area (TPSA) is 63.3 Å². The minimum atomic E-state index is -0.763. The summed E-state index contributed by atoms with van der Waals surface area (Å²) < 4.78 is 0. The molecule has 0 heterocycles. The molecule has 3 N–H and O–H groups in total. The quantitative estimate of drug-likeness (QED) is 0.679. The first-order valence-corrected chi connectivity index (χ1v) is 4.19. The number of aliphatic carboxylic acids is 1. The predicted molar refractivity (Wildman–Crippen MR) is 48.9 cm³/mol. The molecule has 0 saturated carbocycles. The second-order valence-electron chi connectivity index (χ2n) is 4.43. The molecule has 0 radical (unpaired) electrons. The highest BCUT2D eigenvalue weighted by Gasteiger charge is 2.43. The molecule has 3 nitrogen and oxygen atoms in total. The van der Waals surface area contributed by atoms with Crippen molar-refractivity contribution in [3.8, 4) is 0 Å². The Hall–Kier alpha value is -0.570. The van der Waals surface area contributed by atoms with Crippen LogP contribution >= 0.6 is 0 Å². The molecule has 1 atom stereocenters. The monoisotopic (exact) mass is 173 g/mol. The highest BCUT2D eigenvalue weighted by atomic mass is 16.4. The number of carboxylic acid groups (broad SMARTS) is 1. The molecule has 12 heavy (non-hydrogen) atoms. The van der Waals surface area contributed by atoms with Crippen molar-refractivity contribution < 1.29 is 9.90 Å². The maximum absolute atomic E-state index is 11.0. The van der Waals surface area contributed by atoms with Crippen molar-refractivity contribution >= 4 is 5.97 Å². The van der Waals surface area contributed by atoms with E-state index in [0.29, 0.717) is 13.0 Å². The SMILES string of the molecule is CC(C)(C)C(C)(CCN)C(=O)O. The minimum Gasteiger partial charge on any atom is -0.481 e. The lowest BCUT2D eigenvalue weighted by Crippen LogP contribution is -2.41. The van der Waals surface area contributed by atoms with E-state index in [2.05, 4.69) is 0 Å². The van der Waals surface area contributed by atoms with E-state index in [4.69, 9.17) is 10.8 Å². The number of nitrogens with two attached hydrogens (primary N) is 1. The number of carbonyl (C=O) groups is 1. The summed E-state index contributed by atoms with van der Waals surface area (Å²) >= 11 is 0. The fraction of sp³-hybridized carbons (Fsp3) is 0.889. The molecule has 0 bridgehead atoms. The Morgan fingerprint density at radius 1 is 1.33 bits per heavy atom. The van der Waals surface area contributed by atoms with Gasteiger partial charge in [-0.1, -0.05) is 20.8 Å². The Labute approximate surface area is 74.0 Å². The normalized spacial score (nSPS) is 17.1. The van der Waals surface area contributed by atoms with Gasteiger partial charge in [0.15, 0.2) is 0 Å². The highest BCUT2D eigenvalue weighted by molar-refractivity contribution is 5.75. The average molecular weight is 173 g/mol. The Kier molecular flexibility index (Phi) is 3.27. The number of hydrogen-bond acceptors (Lipinski definition) is 2. The largest absolute Gasteiger partial charge is 0.481 e. The van der Waals surface area contributed by atoms with Crippen molar-refractivity contribution in [2.24, 2.45) is 16.6 Å². The second-order valence-corrected chi connectivity index (χ2v) is 4.43. The van der Waals surface area contributed by atoms with Gasteiger partial charge in [-0.3, -0.25) is 4.79 Å². The highest BCUT2D eigenvalue weighted by Crippen LogP contribution is 2.41. The van der Waals surface area contributed by atoms with Crippen LogP contribution in [0.4, 0.5) is 0 Å². The third-order valence-corrected chi connectivity index (χ3v) is 2.77. The van der Waals surface area contributed by atoms with Crippen molar-refractivity contribution in [3.05, 3.63) is 0 Å². The lowest BCUT2D eigenvalue weighted by molar-refractivity contribution is -0.155. The standard InChI is InChI=1S/C9H19NO2/c1-8(2,3)9(4,5-6-10)7(11)12/h5-6,10H2,1-4H3,(H,11,12). The molecule has 1 unspecified atom stereocenters. The van der Waals surface area contributed by atoms with Crippen LogP contribution in [0, 0.1) is 10.8 Å². The molecule has 0 aliphatic rings. The third-order valence-electron chi connectivity index (χ3n) is 2.77. The first-order chi connectivity index (χ1) is 5.25. The van der Waals surface area contributed by atoms with E-state index in [1.54, 1.807) is 6.92 Å². The fourth-order valence-electron chi connectivity index (χ4n) is 1.09. The first-order valence-electron chi connectivity index (χ1n) is 4.19. The van der Waals surface area contributed by atoms with Crippen LogP contribution in [0.2, 0.25) is 0 Å². The second kappa shape index (κ2) is 3.44. The molecule has 0 aromatic heterocycles. The van der Waals surface area contributed by atoms with Gasteiger partial charge in [0.1, 0.15) is 0 Å². The molecule has 0 aromatic carbocycles. The Balaban J connectivity index is 4.75. The van der Waals surface area contributed by atoms with Crippen molar-refractivity contribution in [2.75, 3.05) is 6.54 Å². The van der Waals surface area contributed by atoms with Crippen molar-refractivity contribution in [1.82, 2.24) is 0 Å². The lowest BCUT2D eigenvalue weighted by atomic mass is 9.66. The summed E-state index contributed by atoms with van der Waals surface area (Å²) in [7, 11) is 0. The van der Waals surface area contributed by atoms with Crippen LogP contribution in [0.3, 0.4) is 0 Å². The van der Waals surface area contributed by atoms with Crippen molar-refractivity contribution in [3.63, 3.8) is 0 Å². The average Bonchev–Trinajstić information content (AvgIpc) is 1.85. The molecule has 0 rings (SSSR count). The molecule has 0 aliphatic heterocycles. The van der Waals surface area contributed by atoms with Gasteiger partial charge in [0.25, 0.3) is 0 Å². The molecule has 72 valence electrons. The zero-order valence-corrected chi connectivity index (χ0v) is 8.35. The Morgan fingerprint density at radius 2 is 1.75 bits per heavy atom. The summed E-state index contributed by atoms with van der Waals surface area (Å²) in [6.45, 7) is 7.95. The summed E-state index contributed by atoms with van der Waals surface area (Å²) in [5, 5.41) is 9.04. The van der Waals surface area contributed by atoms with Gasteiger partial charge in [0.05, 0.1) is 5.41 Å². The Bertz CT molecular complexity index is 172. The summed E-state index contributed by atoms with van der Waals surface area (Å²) in [5.41, 5.74) is 4.41. The maximum Gasteiger partial charge on any atom is 0.309 e. The van der Waals surface area contributed by atoms with Gasteiger partial charge in [-0.05, 0) is 25.3 Å². The van der Waals surface area contributed by atoms with Crippen LogP contribution < -0.4 is 5.73 Å². The van der Waals surface area contributed by atoms with Gasteiger partial charge in [-0.15, -0.1) is 0 Å². The molecule has 0 saturated heterocycles. The first kappa shape index (κ1) is 11.4. The van der Waals surface area contributed by atoms with Gasteiger partial charge in [0, 0.05) is 0 Å². The van der Waals surface area contributed by atoms with E-state index in [1.807, 2.05) is 20.8 Å². The summed E-state index contributed by atoms with van der Waals surface area (Å²) in [4.78, 5) is 11.0. The molecule has 0 amide bonds. The van der Waals surface area contributed by atoms with Crippen molar-refractivity contribution in [1.29, 1.82) is 0 Å². The molecular weight excluding hydrogens is 154 g/mol. The van der Waals surface area contributed by atoms with Crippen LogP contribution in [0.1, 0.15) is 34.1 Å². The van der Waals surface area contributed by atoms with E-state index in [1.165, 1.54) is 0 Å². The van der Waals surface area contributed by atoms with Crippen LogP contribution in [0.15, 0.2) is 0 Å². The van der Waals surface area contributed by atoms with Crippen LogP contribution in [-0.4, -0.2) is 17.6 Å². The van der Waals surface area contributed by atoms with E-state index < -0.39 is 11.4 Å². The fourth-order valence-corrected chi connectivity index (χ4v) is 1.09. The molecule has 0 fully saturated rings. The number of carboxylic acids is 1. The van der Waals surface area contributed by atoms with Gasteiger partial charge < -0.3 is 10.8 Å². The number of rotatable bonds is 3. The molecular formula is C9H19NO2. The molecule has 3 heteroatoms. The lowest BCUT2D eigenvalue weighted by Gasteiger charge is -2.37. The number of hydrogen-bond donors (Lipinski definition) is 2. The molecule has 0 spiro atoms. The summed E-state index contributed by atoms with van der Waals surface area (Å²) in [5.74, 6) is -0.763. The molecule has 0 aliphatic carbocycles. The van der Waals surface area contributed by atoms with Gasteiger partial charge in [0.2, 0.25) is 0 Å². The summed E-state index contributed by atoms with van der Waals surface area (Å²) in [6.07, 6.45) is 0.520. The van der Waals surface area contributed by atoms with Crippen LogP contribution in [0.25, 0.3) is 0 Å². The summed E-state index contributed by atoms with van der Waals surface area (Å²) in [6, 6.07) is 0. The van der Waals surface area contributed by atoms with E-state index >= 15 is 0 Å². The van der Waals surface area contributed by atoms with E-state index in [9.17, 15) is 4.79 Å². The van der Waals surface area contributed by atoms with Crippen LogP contribution in [0.5, 0.6) is 0 Å². The smallest absolute Gasteiger partial charge is 0.309 e. The van der Waals surface area contributed by atoms with Gasteiger partial charge in [-0.2, -0.15) is 0 Å². The van der Waals surface area contributed by atoms with Gasteiger partial charge >= 0.3 is 5.97 Å². The van der Waals surface area contributed by atoms with Gasteiger partial charge in [-0.25, -0.2) is 0 Å². The van der Waals surface area contributed by atoms with Crippen molar-refractivity contribution in [2.45, 2.75) is 34.1 Å². The van der Waals surface area contributed by atoms with E-state index in [-0.39, 0.29) is 5.41 Å². The minimum absolute atomic E-state index is 0.252. The predicted octanol–water partition coefficient (Wildman–Crippen LogP) is 1.47. The van der Waals surface area contributed by atoms with E-state index in [0.717, 1.165) is 0 Å². The zero-order chi connectivity index (χ0) is 9.99. The zero-order valence-electron chi connectivity index (χ0n) is 8.35. The molecule has 0 aromatic rings. The third kappa shape index (κ3) is 1.97. The maximum atomic E-state index is 11.0. The Morgan fingerprint density at radius 3 is 1.83 bits per heavy atom.